The molecule has 0 unspecified atom stereocenters. The van der Waals surface area contributed by atoms with E-state index in [0.29, 0.717) is 0 Å². The van der Waals surface area contributed by atoms with Crippen LogP contribution in [0.25, 0.3) is 0 Å². The Hall–Kier alpha value is -0.613. The van der Waals surface area contributed by atoms with Crippen molar-refractivity contribution in [2.24, 2.45) is 0 Å². The van der Waals surface area contributed by atoms with E-state index in [1.807, 2.05) is 0 Å². The molecule has 0 radical (unpaired) electrons. The van der Waals surface area contributed by atoms with Crippen LogP contribution in [-0.4, -0.2) is 22.3 Å². The summed E-state index contributed by atoms with van der Waals surface area (Å²) >= 11 is 0. The minimum Gasteiger partial charge on any atom is -0.435 e. The number of rotatable bonds is 1. The van der Waals surface area contributed by atoms with E-state index in [4.69, 9.17) is 4.43 Å². The Morgan fingerprint density at radius 2 is 2.42 bits per heavy atom. The molecule has 1 fully saturated rings. The van der Waals surface area contributed by atoms with Gasteiger partial charge in [0.2, 0.25) is 0 Å². The highest BCUT2D eigenvalue weighted by molar-refractivity contribution is 6.27. The topological polar surface area (TPSA) is 35.5 Å². The summed E-state index contributed by atoms with van der Waals surface area (Å²) in [6, 6.07) is 1.42. The molecule has 1 aliphatic heterocycles. The minimum atomic E-state index is -0.329. The molecule has 0 N–H and O–H groups in total. The molecule has 0 amide bonds. The Morgan fingerprint density at radius 1 is 1.67 bits per heavy atom. The standard InChI is InChI=1S/C4H6O2.C4H10OSi/c1-3-6-4(2)5;1-2-4-6-5-3-1/h3H,1H2,2H3;1-4,6H2. The van der Waals surface area contributed by atoms with Gasteiger partial charge in [0.15, 0.2) is 9.76 Å². The van der Waals surface area contributed by atoms with Crippen LogP contribution in [0, 0.1) is 0 Å². The molecule has 0 aromatic rings. The van der Waals surface area contributed by atoms with Gasteiger partial charge in [-0.3, -0.25) is 4.79 Å². The van der Waals surface area contributed by atoms with Crippen molar-refractivity contribution in [3.05, 3.63) is 12.8 Å². The molecule has 0 aromatic heterocycles. The predicted octanol–water partition coefficient (Wildman–Crippen LogP) is 0.992. The lowest BCUT2D eigenvalue weighted by Gasteiger charge is -2.07. The Labute approximate surface area is 75.7 Å². The van der Waals surface area contributed by atoms with Crippen LogP contribution in [0.3, 0.4) is 0 Å². The molecule has 1 heterocycles. The summed E-state index contributed by atoms with van der Waals surface area (Å²) in [6.07, 6.45) is 3.85. The Morgan fingerprint density at radius 3 is 2.50 bits per heavy atom. The highest BCUT2D eigenvalue weighted by Crippen LogP contribution is 2.01. The van der Waals surface area contributed by atoms with Crippen LogP contribution in [-0.2, 0) is 14.0 Å². The zero-order chi connectivity index (χ0) is 9.23. The van der Waals surface area contributed by atoms with Crippen LogP contribution < -0.4 is 0 Å². The average Bonchev–Trinajstić information content (AvgIpc) is 2.08. The van der Waals surface area contributed by atoms with Gasteiger partial charge in [-0.1, -0.05) is 13.0 Å². The third-order valence-electron chi connectivity index (χ3n) is 1.33. The average molecular weight is 188 g/mol. The second kappa shape index (κ2) is 8.48. The fourth-order valence-electron chi connectivity index (χ4n) is 0.804. The van der Waals surface area contributed by atoms with Crippen molar-refractivity contribution >= 4 is 15.7 Å². The summed E-state index contributed by atoms with van der Waals surface area (Å²) in [7, 11) is 0.00849. The Kier molecular flexibility index (Phi) is 8.05. The van der Waals surface area contributed by atoms with E-state index < -0.39 is 0 Å². The highest BCUT2D eigenvalue weighted by Gasteiger charge is 1.96. The van der Waals surface area contributed by atoms with Gasteiger partial charge >= 0.3 is 5.97 Å². The van der Waals surface area contributed by atoms with Gasteiger partial charge in [0.25, 0.3) is 0 Å². The second-order valence-electron chi connectivity index (χ2n) is 2.45. The molecule has 0 aromatic carbocycles. The SMILES string of the molecule is C1CC[SiH2]OC1.C=COC(C)=O. The van der Waals surface area contributed by atoms with Crippen LogP contribution in [0.2, 0.25) is 6.04 Å². The maximum atomic E-state index is 9.75. The van der Waals surface area contributed by atoms with Crippen LogP contribution in [0.4, 0.5) is 0 Å². The molecule has 0 aliphatic carbocycles. The molecule has 70 valence electrons. The van der Waals surface area contributed by atoms with Crippen LogP contribution >= 0.6 is 0 Å². The third-order valence-corrected chi connectivity index (χ3v) is 2.69. The fourth-order valence-corrected chi connectivity index (χ4v) is 1.97. The predicted molar refractivity (Wildman–Crippen MR) is 50.5 cm³/mol. The molecule has 0 spiro atoms. The van der Waals surface area contributed by atoms with E-state index >= 15 is 0 Å². The Balaban J connectivity index is 0.000000202. The maximum absolute atomic E-state index is 9.75. The van der Waals surface area contributed by atoms with Crippen LogP contribution in [0.1, 0.15) is 19.8 Å². The van der Waals surface area contributed by atoms with Gasteiger partial charge in [0, 0.05) is 13.5 Å². The molecule has 1 aliphatic rings. The molecular formula is C8H16O3Si. The second-order valence-corrected chi connectivity index (χ2v) is 3.97. The van der Waals surface area contributed by atoms with Crippen molar-refractivity contribution in [1.82, 2.24) is 0 Å². The molecular weight excluding hydrogens is 172 g/mol. The van der Waals surface area contributed by atoms with Gasteiger partial charge in [-0.15, -0.1) is 0 Å². The first-order valence-electron chi connectivity index (χ1n) is 4.13. The van der Waals surface area contributed by atoms with Crippen molar-refractivity contribution in [2.75, 3.05) is 6.61 Å². The monoisotopic (exact) mass is 188 g/mol. The van der Waals surface area contributed by atoms with E-state index in [-0.39, 0.29) is 15.7 Å². The number of carbonyl (C=O) groups excluding carboxylic acids is 1. The first-order chi connectivity index (χ1) is 5.77. The van der Waals surface area contributed by atoms with Crippen molar-refractivity contribution in [3.8, 4) is 0 Å². The van der Waals surface area contributed by atoms with E-state index in [0.717, 1.165) is 12.9 Å². The van der Waals surface area contributed by atoms with Gasteiger partial charge < -0.3 is 9.16 Å². The van der Waals surface area contributed by atoms with Crippen molar-refractivity contribution in [3.63, 3.8) is 0 Å². The summed E-state index contributed by atoms with van der Waals surface area (Å²) in [5.41, 5.74) is 0. The van der Waals surface area contributed by atoms with Gasteiger partial charge in [-0.25, -0.2) is 0 Å². The normalized spacial score (nSPS) is 17.4. The van der Waals surface area contributed by atoms with Gasteiger partial charge in [0.1, 0.15) is 0 Å². The smallest absolute Gasteiger partial charge is 0.307 e. The Bertz CT molecular complexity index is 121. The first-order valence-corrected chi connectivity index (χ1v) is 5.71. The summed E-state index contributed by atoms with van der Waals surface area (Å²) in [5, 5.41) is 0. The molecule has 1 rings (SSSR count). The van der Waals surface area contributed by atoms with Crippen LogP contribution in [0.5, 0.6) is 0 Å². The van der Waals surface area contributed by atoms with Crippen LogP contribution in [0.15, 0.2) is 12.8 Å². The summed E-state index contributed by atoms with van der Waals surface area (Å²) in [4.78, 5) is 9.75. The van der Waals surface area contributed by atoms with E-state index in [1.165, 1.54) is 25.8 Å². The lowest BCUT2D eigenvalue weighted by atomic mass is 10.4. The summed E-state index contributed by atoms with van der Waals surface area (Å²) in [5.74, 6) is -0.329. The van der Waals surface area contributed by atoms with Crippen molar-refractivity contribution in [1.29, 1.82) is 0 Å². The fraction of sp³-hybridized carbons (Fsp3) is 0.625. The zero-order valence-corrected chi connectivity index (χ0v) is 8.96. The molecule has 4 heteroatoms. The highest BCUT2D eigenvalue weighted by atomic mass is 28.2. The summed E-state index contributed by atoms with van der Waals surface area (Å²) in [6.45, 7) is 5.54. The van der Waals surface area contributed by atoms with Crippen molar-refractivity contribution in [2.45, 2.75) is 25.8 Å². The first kappa shape index (κ1) is 11.4. The lowest BCUT2D eigenvalue weighted by molar-refractivity contribution is -0.135. The van der Waals surface area contributed by atoms with E-state index in [2.05, 4.69) is 11.3 Å². The van der Waals surface area contributed by atoms with Gasteiger partial charge in [-0.05, 0) is 12.5 Å². The van der Waals surface area contributed by atoms with E-state index in [1.54, 1.807) is 0 Å². The minimum absolute atomic E-state index is 0.00849. The largest absolute Gasteiger partial charge is 0.435 e. The van der Waals surface area contributed by atoms with Gasteiger partial charge in [-0.2, -0.15) is 0 Å². The number of ether oxygens (including phenoxy) is 1. The number of hydrogen-bond donors (Lipinski definition) is 0. The van der Waals surface area contributed by atoms with Gasteiger partial charge in [0.05, 0.1) is 6.26 Å². The quantitative estimate of drug-likeness (QED) is 0.350. The molecule has 0 atom stereocenters. The summed E-state index contributed by atoms with van der Waals surface area (Å²) < 4.78 is 9.38. The zero-order valence-electron chi connectivity index (χ0n) is 7.54. The third kappa shape index (κ3) is 9.39. The van der Waals surface area contributed by atoms with Crippen molar-refractivity contribution < 1.29 is 14.0 Å². The molecule has 1 saturated heterocycles. The molecule has 3 nitrogen and oxygen atoms in total. The molecule has 12 heavy (non-hydrogen) atoms. The number of esters is 1. The van der Waals surface area contributed by atoms with E-state index in [9.17, 15) is 4.79 Å². The maximum Gasteiger partial charge on any atom is 0.307 e. The number of carbonyl (C=O) groups is 1. The molecule has 0 bridgehead atoms. The lowest BCUT2D eigenvalue weighted by Crippen LogP contribution is -2.06. The molecule has 0 saturated carbocycles. The number of hydrogen-bond acceptors (Lipinski definition) is 3.